The fourth-order valence-electron chi connectivity index (χ4n) is 1.64. The molecule has 0 aromatic heterocycles. The Labute approximate surface area is 102 Å². The minimum absolute atomic E-state index is 0.479. The number of hydrogen-bond donors (Lipinski definition) is 1. The second-order valence-electron chi connectivity index (χ2n) is 3.66. The van der Waals surface area contributed by atoms with Crippen LogP contribution in [0.15, 0.2) is 42.5 Å². The molecule has 0 fully saturated rings. The molecule has 0 amide bonds. The molecule has 0 spiro atoms. The van der Waals surface area contributed by atoms with Gasteiger partial charge in [0.1, 0.15) is 0 Å². The molecule has 0 saturated heterocycles. The molecule has 2 heteroatoms. The van der Waals surface area contributed by atoms with Crippen LogP contribution in [0.2, 0.25) is 5.09 Å². The van der Waals surface area contributed by atoms with E-state index in [1.54, 1.807) is 0 Å². The molecule has 0 heterocycles. The zero-order valence-electron chi connectivity index (χ0n) is 9.74. The first-order valence-corrected chi connectivity index (χ1v) is 5.81. The van der Waals surface area contributed by atoms with Crippen molar-refractivity contribution in [2.24, 2.45) is 0 Å². The number of benzene rings is 1. The van der Waals surface area contributed by atoms with Crippen LogP contribution in [0.3, 0.4) is 0 Å². The van der Waals surface area contributed by atoms with E-state index in [0.717, 1.165) is 18.1 Å². The number of nitrogens with one attached hydrogen (secondary N) is 1. The van der Waals surface area contributed by atoms with Gasteiger partial charge in [-0.15, -0.1) is 0 Å². The molecule has 0 bridgehead atoms. The van der Waals surface area contributed by atoms with Crippen molar-refractivity contribution in [1.82, 2.24) is 5.32 Å². The quantitative estimate of drug-likeness (QED) is 0.543. The fraction of sp³-hybridized carbons (Fsp3) is 0.385. The molecule has 1 atom stereocenters. The number of hydrogen-bond acceptors (Lipinski definition) is 1. The van der Waals surface area contributed by atoms with Crippen molar-refractivity contribution in [1.29, 1.82) is 0 Å². The van der Waals surface area contributed by atoms with Crippen molar-refractivity contribution in [3.05, 3.63) is 48.0 Å². The van der Waals surface area contributed by atoms with Gasteiger partial charge >= 0.3 is 102 Å². The van der Waals surface area contributed by atoms with E-state index < -0.39 is 0 Å². The molecular formula is C13H18LiN. The summed E-state index contributed by atoms with van der Waals surface area (Å²) in [5.41, 5.74) is 1.38. The van der Waals surface area contributed by atoms with Gasteiger partial charge in [0.05, 0.1) is 0 Å². The Morgan fingerprint density at radius 2 is 2.00 bits per heavy atom. The Morgan fingerprint density at radius 1 is 1.27 bits per heavy atom. The van der Waals surface area contributed by atoms with E-state index in [2.05, 4.69) is 72.4 Å². The summed E-state index contributed by atoms with van der Waals surface area (Å²) in [6.45, 7) is 3.18. The average molecular weight is 195 g/mol. The van der Waals surface area contributed by atoms with Crippen LogP contribution < -0.4 is 5.32 Å². The monoisotopic (exact) mass is 195 g/mol. The Balaban J connectivity index is 2.46. The molecule has 0 radical (unpaired) electrons. The first-order chi connectivity index (χ1) is 7.38. The van der Waals surface area contributed by atoms with Crippen LogP contribution in [0.25, 0.3) is 0 Å². The normalized spacial score (nSPS) is 13.3. The second-order valence-corrected chi connectivity index (χ2v) is 3.66. The van der Waals surface area contributed by atoms with Crippen LogP contribution in [0.1, 0.15) is 24.9 Å². The van der Waals surface area contributed by atoms with Crippen LogP contribution in [-0.4, -0.2) is 24.3 Å². The molecule has 0 aliphatic rings. The SMILES string of the molecule is [Li][CH2]C=CCNC(CC)c1ccccc1. The van der Waals surface area contributed by atoms with Crippen LogP contribution in [0.5, 0.6) is 0 Å². The Bertz CT molecular complexity index is 282. The number of rotatable bonds is 6. The standard InChI is InChI=1S/C13H18N.Li/c1-3-5-11-14-13(4-2)12-9-7-6-8-10-12;/h3,5-10,13-14H,1,4,11H2,2H3;. The van der Waals surface area contributed by atoms with Gasteiger partial charge in [-0.1, -0.05) is 0 Å². The van der Waals surface area contributed by atoms with Gasteiger partial charge < -0.3 is 0 Å². The first kappa shape index (κ1) is 12.6. The molecule has 1 rings (SSSR count). The molecular weight excluding hydrogens is 177 g/mol. The summed E-state index contributed by atoms with van der Waals surface area (Å²) in [5, 5.41) is 4.65. The van der Waals surface area contributed by atoms with E-state index >= 15 is 0 Å². The molecule has 76 valence electrons. The summed E-state index contributed by atoms with van der Waals surface area (Å²) in [4.78, 5) is 0. The van der Waals surface area contributed by atoms with Crippen molar-refractivity contribution in [2.75, 3.05) is 6.54 Å². The molecule has 0 saturated carbocycles. The fourth-order valence-corrected chi connectivity index (χ4v) is 1.64. The van der Waals surface area contributed by atoms with Gasteiger partial charge in [0.2, 0.25) is 0 Å². The van der Waals surface area contributed by atoms with Crippen molar-refractivity contribution in [2.45, 2.75) is 24.5 Å². The van der Waals surface area contributed by atoms with Crippen molar-refractivity contribution >= 4 is 17.7 Å². The number of allylic oxidation sites excluding steroid dienone is 1. The van der Waals surface area contributed by atoms with E-state index in [1.165, 1.54) is 5.56 Å². The summed E-state index contributed by atoms with van der Waals surface area (Å²) in [6.07, 6.45) is 5.53. The Hall–Kier alpha value is -0.483. The van der Waals surface area contributed by atoms with Crippen LogP contribution >= 0.6 is 0 Å². The van der Waals surface area contributed by atoms with Gasteiger partial charge in [-0.2, -0.15) is 0 Å². The molecule has 0 aliphatic heterocycles. The molecule has 1 aromatic carbocycles. The maximum atomic E-state index is 3.53. The molecule has 1 nitrogen and oxygen atoms in total. The third-order valence-electron chi connectivity index (χ3n) is 2.49. The third kappa shape index (κ3) is 4.71. The molecule has 0 aliphatic carbocycles. The van der Waals surface area contributed by atoms with Gasteiger partial charge in [0, 0.05) is 0 Å². The summed E-state index contributed by atoms with van der Waals surface area (Å²) < 4.78 is 0. The minimum atomic E-state index is 0.479. The first-order valence-electron chi connectivity index (χ1n) is 5.81. The summed E-state index contributed by atoms with van der Waals surface area (Å²) in [7, 11) is 0. The van der Waals surface area contributed by atoms with E-state index in [1.807, 2.05) is 0 Å². The van der Waals surface area contributed by atoms with E-state index in [4.69, 9.17) is 0 Å². The van der Waals surface area contributed by atoms with Gasteiger partial charge in [0.25, 0.3) is 0 Å². The predicted molar refractivity (Wildman–Crippen MR) is 67.2 cm³/mol. The Morgan fingerprint density at radius 3 is 2.60 bits per heavy atom. The summed E-state index contributed by atoms with van der Waals surface area (Å²) in [5.74, 6) is 0. The van der Waals surface area contributed by atoms with Crippen molar-refractivity contribution in [3.63, 3.8) is 0 Å². The second kappa shape index (κ2) is 7.76. The van der Waals surface area contributed by atoms with Crippen LogP contribution in [0, 0.1) is 0 Å². The van der Waals surface area contributed by atoms with Gasteiger partial charge in [-0.3, -0.25) is 0 Å². The topological polar surface area (TPSA) is 12.0 Å². The van der Waals surface area contributed by atoms with Crippen LogP contribution in [-0.2, 0) is 0 Å². The van der Waals surface area contributed by atoms with Gasteiger partial charge in [-0.05, 0) is 0 Å². The molecule has 1 N–H and O–H groups in total. The van der Waals surface area contributed by atoms with E-state index in [0.29, 0.717) is 6.04 Å². The van der Waals surface area contributed by atoms with Crippen LogP contribution in [0.4, 0.5) is 0 Å². The molecule has 1 unspecified atom stereocenters. The van der Waals surface area contributed by atoms with Gasteiger partial charge in [0.15, 0.2) is 0 Å². The summed E-state index contributed by atoms with van der Waals surface area (Å²) in [6, 6.07) is 11.1. The van der Waals surface area contributed by atoms with Crippen molar-refractivity contribution < 1.29 is 0 Å². The zero-order valence-corrected chi connectivity index (χ0v) is 9.74. The van der Waals surface area contributed by atoms with E-state index in [9.17, 15) is 0 Å². The van der Waals surface area contributed by atoms with E-state index in [-0.39, 0.29) is 0 Å². The van der Waals surface area contributed by atoms with Gasteiger partial charge in [-0.25, -0.2) is 0 Å². The average Bonchev–Trinajstić information content (AvgIpc) is 2.30. The zero-order chi connectivity index (χ0) is 10.9. The molecule has 1 aromatic rings. The van der Waals surface area contributed by atoms with Crippen molar-refractivity contribution in [3.8, 4) is 0 Å². The predicted octanol–water partition coefficient (Wildman–Crippen LogP) is 2.87. The third-order valence-corrected chi connectivity index (χ3v) is 2.49. The summed E-state index contributed by atoms with van der Waals surface area (Å²) >= 11 is 2.16. The molecule has 15 heavy (non-hydrogen) atoms. The maximum absolute atomic E-state index is 3.53. The Kier molecular flexibility index (Phi) is 6.51.